The molecule has 0 radical (unpaired) electrons. The van der Waals surface area contributed by atoms with Crippen molar-refractivity contribution in [3.63, 3.8) is 0 Å². The maximum atomic E-state index is 13.3. The van der Waals surface area contributed by atoms with Gasteiger partial charge < -0.3 is 25.3 Å². The van der Waals surface area contributed by atoms with Crippen molar-refractivity contribution >= 4 is 35.0 Å². The average Bonchev–Trinajstić information content (AvgIpc) is 3.63. The van der Waals surface area contributed by atoms with Crippen LogP contribution in [0.15, 0.2) is 28.2 Å². The number of hydrogen-bond acceptors (Lipinski definition) is 6. The molecule has 10 heteroatoms. The van der Waals surface area contributed by atoms with Crippen LogP contribution in [0.2, 0.25) is 0 Å². The molecule has 3 N–H and O–H groups in total. The van der Waals surface area contributed by atoms with E-state index in [2.05, 4.69) is 16.8 Å². The van der Waals surface area contributed by atoms with E-state index in [0.717, 1.165) is 31.9 Å². The number of furan rings is 1. The van der Waals surface area contributed by atoms with Gasteiger partial charge in [-0.1, -0.05) is 0 Å². The molecule has 4 amide bonds. The van der Waals surface area contributed by atoms with Crippen molar-refractivity contribution < 1.29 is 23.6 Å². The summed E-state index contributed by atoms with van der Waals surface area (Å²) >= 11 is 1.73. The Kier molecular flexibility index (Phi) is 6.64. The first-order chi connectivity index (χ1) is 16.9. The van der Waals surface area contributed by atoms with E-state index < -0.39 is 17.9 Å². The van der Waals surface area contributed by atoms with E-state index in [1.54, 1.807) is 16.2 Å². The van der Waals surface area contributed by atoms with Crippen molar-refractivity contribution in [2.75, 3.05) is 19.6 Å². The van der Waals surface area contributed by atoms with Gasteiger partial charge in [-0.3, -0.25) is 19.2 Å². The van der Waals surface area contributed by atoms with Gasteiger partial charge in [0.15, 0.2) is 5.76 Å². The third-order valence-corrected chi connectivity index (χ3v) is 8.41. The summed E-state index contributed by atoms with van der Waals surface area (Å²) in [6.07, 6.45) is 6.85. The smallest absolute Gasteiger partial charge is 0.290 e. The molecule has 186 valence electrons. The number of nitrogens with two attached hydrogens (primary N) is 1. The largest absolute Gasteiger partial charge is 0.458 e. The topological polar surface area (TPSA) is 126 Å². The molecule has 2 aromatic rings. The fraction of sp³-hybridized carbons (Fsp3) is 0.520. The number of nitrogens with zero attached hydrogens (tertiary/aromatic N) is 2. The first kappa shape index (κ1) is 23.6. The molecule has 35 heavy (non-hydrogen) atoms. The number of amides is 4. The van der Waals surface area contributed by atoms with Crippen molar-refractivity contribution in [3.8, 4) is 0 Å². The zero-order valence-electron chi connectivity index (χ0n) is 19.5. The van der Waals surface area contributed by atoms with Gasteiger partial charge in [0.25, 0.3) is 11.8 Å². The number of rotatable bonds is 5. The third kappa shape index (κ3) is 4.71. The van der Waals surface area contributed by atoms with E-state index in [-0.39, 0.29) is 35.1 Å². The van der Waals surface area contributed by atoms with E-state index in [4.69, 9.17) is 10.2 Å². The molecule has 2 saturated heterocycles. The normalized spacial score (nSPS) is 22.6. The van der Waals surface area contributed by atoms with Crippen LogP contribution in [0.4, 0.5) is 0 Å². The number of piperidine rings is 1. The number of aryl methyl sites for hydroxylation is 1. The summed E-state index contributed by atoms with van der Waals surface area (Å²) in [5, 5.41) is 5.29. The molecule has 0 bridgehead atoms. The van der Waals surface area contributed by atoms with E-state index in [1.165, 1.54) is 21.4 Å². The second-order valence-electron chi connectivity index (χ2n) is 9.57. The van der Waals surface area contributed by atoms with Gasteiger partial charge in [0.1, 0.15) is 12.3 Å². The fourth-order valence-electron chi connectivity index (χ4n) is 5.50. The van der Waals surface area contributed by atoms with Gasteiger partial charge in [-0.15, -0.1) is 11.3 Å². The Morgan fingerprint density at radius 2 is 1.86 bits per heavy atom. The molecule has 3 aliphatic rings. The summed E-state index contributed by atoms with van der Waals surface area (Å²) in [6, 6.07) is 2.91. The van der Waals surface area contributed by atoms with Crippen LogP contribution < -0.4 is 11.1 Å². The molecule has 2 fully saturated rings. The van der Waals surface area contributed by atoms with Crippen molar-refractivity contribution in [1.29, 1.82) is 0 Å². The molecule has 0 aromatic carbocycles. The fourth-order valence-corrected chi connectivity index (χ4v) is 6.49. The van der Waals surface area contributed by atoms with Gasteiger partial charge in [0.05, 0.1) is 11.5 Å². The Hall–Kier alpha value is -3.14. The van der Waals surface area contributed by atoms with Crippen LogP contribution in [0.25, 0.3) is 0 Å². The highest BCUT2D eigenvalue weighted by Gasteiger charge is 2.39. The van der Waals surface area contributed by atoms with Crippen LogP contribution in [-0.2, 0) is 16.0 Å². The Bertz CT molecular complexity index is 1130. The standard InChI is InChI=1S/C25H30N4O5S/c26-22(30)15-13-20(34-14-15)25(33)29-9-2-4-19(29)24(32)28-10-6-16(7-11-28)27-23(31)18-3-1-5-21-17(18)8-12-35-21/h8,12-14,16,18-19H,1-7,9-11H2,(H2,26,30)(H,27,31)/t18?,19-/m0/s1. The second-order valence-corrected chi connectivity index (χ2v) is 10.6. The average molecular weight is 499 g/mol. The van der Waals surface area contributed by atoms with Gasteiger partial charge in [0, 0.05) is 36.6 Å². The van der Waals surface area contributed by atoms with Crippen molar-refractivity contribution in [2.45, 2.75) is 62.9 Å². The first-order valence-electron chi connectivity index (χ1n) is 12.3. The molecule has 2 aromatic heterocycles. The van der Waals surface area contributed by atoms with Crippen LogP contribution in [-0.4, -0.2) is 65.1 Å². The Morgan fingerprint density at radius 3 is 2.60 bits per heavy atom. The summed E-state index contributed by atoms with van der Waals surface area (Å²) in [5.41, 5.74) is 6.55. The second kappa shape index (κ2) is 9.85. The maximum absolute atomic E-state index is 13.3. The number of likely N-dealkylation sites (tertiary alicyclic amines) is 2. The van der Waals surface area contributed by atoms with Crippen LogP contribution in [0.3, 0.4) is 0 Å². The monoisotopic (exact) mass is 498 g/mol. The van der Waals surface area contributed by atoms with Crippen LogP contribution in [0.5, 0.6) is 0 Å². The van der Waals surface area contributed by atoms with E-state index >= 15 is 0 Å². The minimum atomic E-state index is -0.670. The summed E-state index contributed by atoms with van der Waals surface area (Å²) < 4.78 is 5.23. The minimum absolute atomic E-state index is 0.0106. The maximum Gasteiger partial charge on any atom is 0.290 e. The molecule has 0 spiro atoms. The lowest BCUT2D eigenvalue weighted by atomic mass is 9.86. The molecule has 4 heterocycles. The van der Waals surface area contributed by atoms with Gasteiger partial charge in [0.2, 0.25) is 11.8 Å². The van der Waals surface area contributed by atoms with Crippen LogP contribution >= 0.6 is 11.3 Å². The molecule has 5 rings (SSSR count). The molecule has 9 nitrogen and oxygen atoms in total. The van der Waals surface area contributed by atoms with E-state index in [1.807, 2.05) is 0 Å². The van der Waals surface area contributed by atoms with E-state index in [9.17, 15) is 19.2 Å². The molecular formula is C25H30N4O5S. The molecule has 1 aliphatic carbocycles. The third-order valence-electron chi connectivity index (χ3n) is 7.41. The number of thiophene rings is 1. The molecular weight excluding hydrogens is 468 g/mol. The van der Waals surface area contributed by atoms with Gasteiger partial charge >= 0.3 is 0 Å². The van der Waals surface area contributed by atoms with Crippen molar-refractivity contribution in [3.05, 3.63) is 45.5 Å². The SMILES string of the molecule is NC(=O)c1coc(C(=O)N2CCC[C@H]2C(=O)N2CCC(NC(=O)C3CCCc4sccc43)CC2)c1. The number of nitrogens with one attached hydrogen (secondary N) is 1. The Balaban J connectivity index is 1.16. The minimum Gasteiger partial charge on any atom is -0.458 e. The Morgan fingerprint density at radius 1 is 1.06 bits per heavy atom. The zero-order valence-corrected chi connectivity index (χ0v) is 20.4. The summed E-state index contributed by atoms with van der Waals surface area (Å²) in [7, 11) is 0. The van der Waals surface area contributed by atoms with Gasteiger partial charge in [-0.2, -0.15) is 0 Å². The molecule has 0 saturated carbocycles. The molecule has 2 aliphatic heterocycles. The summed E-state index contributed by atoms with van der Waals surface area (Å²) in [4.78, 5) is 55.2. The van der Waals surface area contributed by atoms with Crippen LogP contribution in [0.1, 0.15) is 75.8 Å². The quantitative estimate of drug-likeness (QED) is 0.654. The van der Waals surface area contributed by atoms with Gasteiger partial charge in [-0.25, -0.2) is 0 Å². The zero-order chi connectivity index (χ0) is 24.5. The number of carbonyl (C=O) groups excluding carboxylic acids is 4. The lowest BCUT2D eigenvalue weighted by Gasteiger charge is -2.36. The Labute approximate surface area is 207 Å². The van der Waals surface area contributed by atoms with Gasteiger partial charge in [-0.05, 0) is 62.0 Å². The highest BCUT2D eigenvalue weighted by atomic mass is 32.1. The highest BCUT2D eigenvalue weighted by Crippen LogP contribution is 2.35. The lowest BCUT2D eigenvalue weighted by molar-refractivity contribution is -0.136. The van der Waals surface area contributed by atoms with Crippen LogP contribution in [0, 0.1) is 0 Å². The summed E-state index contributed by atoms with van der Waals surface area (Å²) in [5.74, 6) is -1.12. The number of carbonyl (C=O) groups is 4. The molecule has 2 atom stereocenters. The molecule has 1 unspecified atom stereocenters. The summed E-state index contributed by atoms with van der Waals surface area (Å²) in [6.45, 7) is 1.55. The van der Waals surface area contributed by atoms with Crippen molar-refractivity contribution in [2.24, 2.45) is 5.73 Å². The van der Waals surface area contributed by atoms with E-state index in [0.29, 0.717) is 38.9 Å². The highest BCUT2D eigenvalue weighted by molar-refractivity contribution is 7.10. The predicted octanol–water partition coefficient (Wildman–Crippen LogP) is 2.27. The number of primary amides is 1. The lowest BCUT2D eigenvalue weighted by Crippen LogP contribution is -2.52. The number of fused-ring (bicyclic) bond motifs is 1. The first-order valence-corrected chi connectivity index (χ1v) is 13.1. The predicted molar refractivity (Wildman–Crippen MR) is 129 cm³/mol. The van der Waals surface area contributed by atoms with Crippen molar-refractivity contribution in [1.82, 2.24) is 15.1 Å². The number of hydrogen-bond donors (Lipinski definition) is 2.